The maximum Gasteiger partial charge on any atom is 0.405 e. The molecule has 0 heterocycles. The molecule has 0 aliphatic rings. The van der Waals surface area contributed by atoms with E-state index >= 15 is 0 Å². The van der Waals surface area contributed by atoms with Crippen LogP contribution in [0, 0.1) is 0 Å². The Kier molecular flexibility index (Phi) is 4.20. The van der Waals surface area contributed by atoms with Crippen molar-refractivity contribution in [1.29, 1.82) is 0 Å². The zero-order chi connectivity index (χ0) is 14.6. The Bertz CT molecular complexity index is 502. The number of nitrogens with one attached hydrogen (secondary N) is 2. The van der Waals surface area contributed by atoms with Crippen molar-refractivity contribution in [2.45, 2.75) is 6.18 Å². The van der Waals surface area contributed by atoms with Gasteiger partial charge in [-0.3, -0.25) is 0 Å². The van der Waals surface area contributed by atoms with Crippen molar-refractivity contribution in [2.75, 3.05) is 11.9 Å². The first kappa shape index (κ1) is 14.6. The molecule has 0 bridgehead atoms. The van der Waals surface area contributed by atoms with Gasteiger partial charge in [-0.25, -0.2) is 9.59 Å². The highest BCUT2D eigenvalue weighted by atomic mass is 19.4. The number of hydrogen-bond donors (Lipinski definition) is 4. The third-order valence-electron chi connectivity index (χ3n) is 1.94. The van der Waals surface area contributed by atoms with E-state index < -0.39 is 30.5 Å². The Morgan fingerprint density at radius 1 is 1.26 bits per heavy atom. The molecule has 0 aliphatic heterocycles. The third kappa shape index (κ3) is 4.74. The molecule has 0 radical (unpaired) electrons. The molecule has 19 heavy (non-hydrogen) atoms. The maximum atomic E-state index is 11.8. The van der Waals surface area contributed by atoms with E-state index in [0.717, 1.165) is 18.2 Å². The van der Waals surface area contributed by atoms with E-state index in [0.29, 0.717) is 0 Å². The molecule has 1 aromatic rings. The van der Waals surface area contributed by atoms with Gasteiger partial charge in [0, 0.05) is 0 Å². The van der Waals surface area contributed by atoms with Crippen molar-refractivity contribution in [3.8, 4) is 5.75 Å². The van der Waals surface area contributed by atoms with Crippen LogP contribution in [-0.2, 0) is 0 Å². The number of carbonyl (C=O) groups excluding carboxylic acids is 1. The molecule has 0 spiro atoms. The van der Waals surface area contributed by atoms with Crippen LogP contribution in [0.15, 0.2) is 18.2 Å². The average Bonchev–Trinajstić information content (AvgIpc) is 2.28. The summed E-state index contributed by atoms with van der Waals surface area (Å²) >= 11 is 0. The monoisotopic (exact) mass is 278 g/mol. The summed E-state index contributed by atoms with van der Waals surface area (Å²) in [5, 5.41) is 21.4. The highest BCUT2D eigenvalue weighted by Crippen LogP contribution is 2.24. The molecule has 4 N–H and O–H groups in total. The number of anilines is 1. The summed E-state index contributed by atoms with van der Waals surface area (Å²) in [7, 11) is 0. The topological polar surface area (TPSA) is 98.7 Å². The van der Waals surface area contributed by atoms with E-state index in [-0.39, 0.29) is 11.3 Å². The Balaban J connectivity index is 2.73. The highest BCUT2D eigenvalue weighted by Gasteiger charge is 2.27. The number of hydrogen-bond acceptors (Lipinski definition) is 3. The van der Waals surface area contributed by atoms with Crippen molar-refractivity contribution >= 4 is 17.7 Å². The summed E-state index contributed by atoms with van der Waals surface area (Å²) in [6, 6.07) is 1.79. The summed E-state index contributed by atoms with van der Waals surface area (Å²) in [5.41, 5.74) is -0.538. The van der Waals surface area contributed by atoms with Gasteiger partial charge in [-0.15, -0.1) is 0 Å². The summed E-state index contributed by atoms with van der Waals surface area (Å²) in [4.78, 5) is 21.8. The number of phenols is 1. The van der Waals surface area contributed by atoms with E-state index in [1.807, 2.05) is 5.32 Å². The number of alkyl halides is 3. The Morgan fingerprint density at radius 2 is 1.89 bits per heavy atom. The van der Waals surface area contributed by atoms with Gasteiger partial charge >= 0.3 is 18.2 Å². The standard InChI is InChI=1S/C10H9F3N2O4/c11-10(12,13)4-14-9(19)15-6-3-5(8(17)18)1-2-7(6)16/h1-3,16H,4H2,(H,17,18)(H2,14,15,19). The maximum absolute atomic E-state index is 11.8. The minimum Gasteiger partial charge on any atom is -0.506 e. The lowest BCUT2D eigenvalue weighted by Gasteiger charge is -2.11. The van der Waals surface area contributed by atoms with E-state index in [9.17, 15) is 27.9 Å². The van der Waals surface area contributed by atoms with Crippen LogP contribution in [0.1, 0.15) is 10.4 Å². The number of benzene rings is 1. The van der Waals surface area contributed by atoms with Gasteiger partial charge in [0.15, 0.2) is 0 Å². The third-order valence-corrected chi connectivity index (χ3v) is 1.94. The molecule has 6 nitrogen and oxygen atoms in total. The van der Waals surface area contributed by atoms with Crippen LogP contribution < -0.4 is 10.6 Å². The molecule has 9 heteroatoms. The molecular formula is C10H9F3N2O4. The van der Waals surface area contributed by atoms with Crippen molar-refractivity contribution < 1.29 is 33.0 Å². The lowest BCUT2D eigenvalue weighted by molar-refractivity contribution is -0.122. The van der Waals surface area contributed by atoms with E-state index in [2.05, 4.69) is 0 Å². The number of aromatic carboxylic acids is 1. The van der Waals surface area contributed by atoms with Gasteiger partial charge in [0.25, 0.3) is 0 Å². The van der Waals surface area contributed by atoms with Crippen molar-refractivity contribution in [3.63, 3.8) is 0 Å². The Morgan fingerprint density at radius 3 is 2.42 bits per heavy atom. The second kappa shape index (κ2) is 5.46. The van der Waals surface area contributed by atoms with Gasteiger partial charge in [0.05, 0.1) is 11.3 Å². The molecule has 0 saturated heterocycles. The minimum atomic E-state index is -4.57. The van der Waals surface area contributed by atoms with Crippen LogP contribution in [0.3, 0.4) is 0 Å². The van der Waals surface area contributed by atoms with E-state index in [1.54, 1.807) is 0 Å². The number of amides is 2. The Hall–Kier alpha value is -2.45. The van der Waals surface area contributed by atoms with Gasteiger partial charge in [-0.1, -0.05) is 0 Å². The molecule has 0 aliphatic carbocycles. The van der Waals surface area contributed by atoms with Crippen LogP contribution in [0.2, 0.25) is 0 Å². The SMILES string of the molecule is O=C(NCC(F)(F)F)Nc1cc(C(=O)O)ccc1O. The minimum absolute atomic E-state index is 0.232. The fourth-order valence-electron chi connectivity index (χ4n) is 1.12. The molecule has 0 atom stereocenters. The smallest absolute Gasteiger partial charge is 0.405 e. The number of halogens is 3. The van der Waals surface area contributed by atoms with Crippen molar-refractivity contribution in [1.82, 2.24) is 5.32 Å². The molecule has 0 fully saturated rings. The molecule has 1 rings (SSSR count). The Labute approximate surface area is 104 Å². The molecule has 104 valence electrons. The van der Waals surface area contributed by atoms with Crippen LogP contribution in [0.5, 0.6) is 5.75 Å². The van der Waals surface area contributed by atoms with Crippen LogP contribution in [0.25, 0.3) is 0 Å². The predicted octanol–water partition coefficient (Wildman–Crippen LogP) is 1.77. The number of carboxylic acid groups (broad SMARTS) is 1. The molecule has 0 aromatic heterocycles. The van der Waals surface area contributed by atoms with Crippen LogP contribution in [0.4, 0.5) is 23.7 Å². The van der Waals surface area contributed by atoms with Gasteiger partial charge in [0.1, 0.15) is 12.3 Å². The van der Waals surface area contributed by atoms with Crippen LogP contribution >= 0.6 is 0 Å². The van der Waals surface area contributed by atoms with Crippen LogP contribution in [-0.4, -0.2) is 34.9 Å². The largest absolute Gasteiger partial charge is 0.506 e. The van der Waals surface area contributed by atoms with Crippen molar-refractivity contribution in [3.05, 3.63) is 23.8 Å². The fraction of sp³-hybridized carbons (Fsp3) is 0.200. The second-order valence-electron chi connectivity index (χ2n) is 3.46. The summed E-state index contributed by atoms with van der Waals surface area (Å²) < 4.78 is 35.5. The second-order valence-corrected chi connectivity index (χ2v) is 3.46. The lowest BCUT2D eigenvalue weighted by Crippen LogP contribution is -2.36. The van der Waals surface area contributed by atoms with E-state index in [4.69, 9.17) is 5.11 Å². The number of carboxylic acids is 1. The average molecular weight is 278 g/mol. The van der Waals surface area contributed by atoms with E-state index in [1.165, 1.54) is 5.32 Å². The number of phenolic OH excluding ortho intramolecular Hbond substituents is 1. The van der Waals surface area contributed by atoms with Gasteiger partial charge in [-0.2, -0.15) is 13.2 Å². The first-order valence-electron chi connectivity index (χ1n) is 4.87. The van der Waals surface area contributed by atoms with Gasteiger partial charge < -0.3 is 20.8 Å². The normalized spacial score (nSPS) is 10.9. The number of urea groups is 1. The summed E-state index contributed by atoms with van der Waals surface area (Å²) in [6.45, 7) is -1.54. The molecule has 0 unspecified atom stereocenters. The first-order valence-corrected chi connectivity index (χ1v) is 4.87. The number of rotatable bonds is 3. The summed E-state index contributed by atoms with van der Waals surface area (Å²) in [6.07, 6.45) is -4.57. The zero-order valence-electron chi connectivity index (χ0n) is 9.28. The molecule has 1 aromatic carbocycles. The fourth-order valence-corrected chi connectivity index (χ4v) is 1.12. The molecular weight excluding hydrogens is 269 g/mol. The van der Waals surface area contributed by atoms with Crippen molar-refractivity contribution in [2.24, 2.45) is 0 Å². The number of aromatic hydroxyl groups is 1. The van der Waals surface area contributed by atoms with Gasteiger partial charge in [0.2, 0.25) is 0 Å². The number of carbonyl (C=O) groups is 2. The summed E-state index contributed by atoms with van der Waals surface area (Å²) in [5.74, 6) is -1.77. The zero-order valence-corrected chi connectivity index (χ0v) is 9.28. The predicted molar refractivity (Wildman–Crippen MR) is 58.1 cm³/mol. The molecule has 0 saturated carbocycles. The van der Waals surface area contributed by atoms with Gasteiger partial charge in [-0.05, 0) is 18.2 Å². The quantitative estimate of drug-likeness (QED) is 0.633. The lowest BCUT2D eigenvalue weighted by atomic mass is 10.2. The highest BCUT2D eigenvalue weighted by molar-refractivity contribution is 5.94. The molecule has 2 amide bonds. The first-order chi connectivity index (χ1) is 8.69.